The molecule has 5 heteroatoms. The average Bonchev–Trinajstić information content (AvgIpc) is 3.30. The third kappa shape index (κ3) is 52.0. The third-order valence-corrected chi connectivity index (χ3v) is 11.7. The molecule has 0 radical (unpaired) electrons. The van der Waals surface area contributed by atoms with E-state index in [1.807, 2.05) is 0 Å². The number of carbonyl (C=O) groups excluding carboxylic acids is 2. The fraction of sp³-hybridized carbons (Fsp3) is 0.763. The van der Waals surface area contributed by atoms with Crippen LogP contribution in [0.2, 0.25) is 0 Å². The van der Waals surface area contributed by atoms with Gasteiger partial charge in [-0.2, -0.15) is 0 Å². The quantitative estimate of drug-likeness (QED) is 0.0346. The highest BCUT2D eigenvalue weighted by atomic mass is 16.6. The molecule has 0 aliphatic heterocycles. The third-order valence-electron chi connectivity index (χ3n) is 11.7. The molecule has 5 nitrogen and oxygen atoms in total. The van der Waals surface area contributed by atoms with Crippen molar-refractivity contribution in [3.8, 4) is 0 Å². The van der Waals surface area contributed by atoms with Crippen LogP contribution >= 0.6 is 0 Å². The van der Waals surface area contributed by atoms with Crippen LogP contribution in [0.25, 0.3) is 0 Å². The summed E-state index contributed by atoms with van der Waals surface area (Å²) in [7, 11) is 0. The smallest absolute Gasteiger partial charge is 0.306 e. The minimum absolute atomic E-state index is 0.0727. The van der Waals surface area contributed by atoms with E-state index in [9.17, 15) is 9.59 Å². The summed E-state index contributed by atoms with van der Waals surface area (Å²) in [5, 5.41) is 0. The van der Waals surface area contributed by atoms with E-state index in [2.05, 4.69) is 93.7 Å². The summed E-state index contributed by atoms with van der Waals surface area (Å²) in [4.78, 5) is 25.5. The molecule has 0 aromatic heterocycles. The number of rotatable bonds is 50. The summed E-state index contributed by atoms with van der Waals surface area (Å²) in [5.74, 6) is -0.414. The lowest BCUT2D eigenvalue weighted by Gasteiger charge is -2.18. The number of carbonyl (C=O) groups is 2. The first-order valence-corrected chi connectivity index (χ1v) is 27.5. The van der Waals surface area contributed by atoms with Crippen molar-refractivity contribution in [3.05, 3.63) is 72.9 Å². The molecule has 0 saturated heterocycles. The number of hydrogen-bond donors (Lipinski definition) is 0. The van der Waals surface area contributed by atoms with Crippen LogP contribution in [-0.4, -0.2) is 37.9 Å². The van der Waals surface area contributed by atoms with Crippen LogP contribution in [0, 0.1) is 0 Å². The molecule has 0 spiro atoms. The van der Waals surface area contributed by atoms with Crippen LogP contribution in [0.1, 0.15) is 265 Å². The molecule has 0 aromatic carbocycles. The van der Waals surface area contributed by atoms with Crippen molar-refractivity contribution < 1.29 is 23.8 Å². The van der Waals surface area contributed by atoms with Gasteiger partial charge in [0.1, 0.15) is 6.61 Å². The van der Waals surface area contributed by atoms with Crippen LogP contribution in [-0.2, 0) is 23.8 Å². The van der Waals surface area contributed by atoms with E-state index in [1.165, 1.54) is 148 Å². The van der Waals surface area contributed by atoms with Crippen molar-refractivity contribution >= 4 is 11.9 Å². The fourth-order valence-electron chi connectivity index (χ4n) is 7.62. The zero-order valence-corrected chi connectivity index (χ0v) is 42.5. The number of unbranched alkanes of at least 4 members (excludes halogenated alkanes) is 27. The van der Waals surface area contributed by atoms with E-state index in [0.29, 0.717) is 19.4 Å². The van der Waals surface area contributed by atoms with Gasteiger partial charge < -0.3 is 14.2 Å². The van der Waals surface area contributed by atoms with Gasteiger partial charge in [-0.1, -0.05) is 222 Å². The topological polar surface area (TPSA) is 61.8 Å². The molecular weight excluding hydrogens is 789 g/mol. The van der Waals surface area contributed by atoms with Crippen molar-refractivity contribution in [2.75, 3.05) is 19.8 Å². The van der Waals surface area contributed by atoms with E-state index in [-0.39, 0.29) is 25.2 Å². The molecule has 0 fully saturated rings. The summed E-state index contributed by atoms with van der Waals surface area (Å²) in [6.07, 6.45) is 70.5. The fourth-order valence-corrected chi connectivity index (χ4v) is 7.62. The molecule has 0 aliphatic carbocycles. The van der Waals surface area contributed by atoms with Crippen LogP contribution in [0.5, 0.6) is 0 Å². The van der Waals surface area contributed by atoms with Gasteiger partial charge in [-0.3, -0.25) is 9.59 Å². The summed E-state index contributed by atoms with van der Waals surface area (Å²) >= 11 is 0. The Morgan fingerprint density at radius 1 is 0.359 bits per heavy atom. The molecule has 0 rings (SSSR count). The molecular formula is C59H104O5. The van der Waals surface area contributed by atoms with Crippen molar-refractivity contribution in [2.24, 2.45) is 0 Å². The highest BCUT2D eigenvalue weighted by Crippen LogP contribution is 2.14. The minimum Gasteiger partial charge on any atom is -0.462 e. The largest absolute Gasteiger partial charge is 0.462 e. The van der Waals surface area contributed by atoms with Gasteiger partial charge in [-0.15, -0.1) is 0 Å². The van der Waals surface area contributed by atoms with E-state index in [1.54, 1.807) is 0 Å². The van der Waals surface area contributed by atoms with E-state index in [0.717, 1.165) is 83.5 Å². The van der Waals surface area contributed by atoms with Gasteiger partial charge in [0, 0.05) is 19.4 Å². The predicted molar refractivity (Wildman–Crippen MR) is 279 cm³/mol. The molecule has 0 N–H and O–H groups in total. The van der Waals surface area contributed by atoms with Crippen molar-refractivity contribution in [1.29, 1.82) is 0 Å². The lowest BCUT2D eigenvalue weighted by atomic mass is 10.1. The van der Waals surface area contributed by atoms with E-state index in [4.69, 9.17) is 14.2 Å². The van der Waals surface area contributed by atoms with E-state index >= 15 is 0 Å². The van der Waals surface area contributed by atoms with Gasteiger partial charge in [-0.25, -0.2) is 0 Å². The number of ether oxygens (including phenoxy) is 3. The molecule has 0 aromatic rings. The van der Waals surface area contributed by atoms with Crippen LogP contribution in [0.3, 0.4) is 0 Å². The van der Waals surface area contributed by atoms with Gasteiger partial charge in [0.05, 0.1) is 6.61 Å². The predicted octanol–water partition coefficient (Wildman–Crippen LogP) is 18.7. The highest BCUT2D eigenvalue weighted by Gasteiger charge is 2.17. The Balaban J connectivity index is 4.29. The summed E-state index contributed by atoms with van der Waals surface area (Å²) in [6.45, 7) is 7.64. The molecule has 1 atom stereocenters. The van der Waals surface area contributed by atoms with Crippen LogP contribution < -0.4 is 0 Å². The second-order valence-corrected chi connectivity index (χ2v) is 18.1. The maximum absolute atomic E-state index is 12.8. The summed E-state index contributed by atoms with van der Waals surface area (Å²) < 4.78 is 17.4. The molecule has 0 heterocycles. The highest BCUT2D eigenvalue weighted by molar-refractivity contribution is 5.70. The lowest BCUT2D eigenvalue weighted by Crippen LogP contribution is -2.30. The normalized spacial score (nSPS) is 12.7. The Morgan fingerprint density at radius 2 is 0.734 bits per heavy atom. The first-order chi connectivity index (χ1) is 31.6. The monoisotopic (exact) mass is 893 g/mol. The SMILES string of the molecule is CC/C=C\C/C=C\C/C=C\CCCCCCCCCC(=O)OCC(COCCCCCCCC/C=C\C/C=C\CCC)OC(=O)CCCCCCCCC/C=C\CCCCCCCC. The van der Waals surface area contributed by atoms with Gasteiger partial charge in [0.15, 0.2) is 6.10 Å². The Kier molecular flexibility index (Phi) is 52.4. The van der Waals surface area contributed by atoms with Crippen LogP contribution in [0.15, 0.2) is 72.9 Å². The standard InChI is InChI=1S/C59H104O5/c1-4-7-10-13-16-19-22-25-28-30-32-34-37-40-43-46-49-52-58(60)63-56-57(55-62-54-51-48-45-42-39-36-27-24-21-18-15-12-9-6-3)64-59(61)53-50-47-44-41-38-35-33-31-29-26-23-20-17-14-11-8-5-2/h7,10,12,15-16,19,21,24-26,28-29,57H,4-6,8-9,11,13-14,17-18,20,22-23,27,30-56H2,1-3H3/b10-7-,15-12-,19-16-,24-21-,28-25-,29-26-. The Bertz CT molecular complexity index is 1150. The second-order valence-electron chi connectivity index (χ2n) is 18.1. The maximum atomic E-state index is 12.8. The van der Waals surface area contributed by atoms with Gasteiger partial charge in [0.25, 0.3) is 0 Å². The molecule has 0 saturated carbocycles. The molecule has 370 valence electrons. The Labute approximate surface area is 397 Å². The molecule has 0 aliphatic rings. The lowest BCUT2D eigenvalue weighted by molar-refractivity contribution is -0.163. The summed E-state index contributed by atoms with van der Waals surface area (Å²) in [6, 6.07) is 0. The van der Waals surface area contributed by atoms with Crippen molar-refractivity contribution in [3.63, 3.8) is 0 Å². The Morgan fingerprint density at radius 3 is 1.20 bits per heavy atom. The molecule has 0 bridgehead atoms. The number of esters is 2. The first-order valence-electron chi connectivity index (χ1n) is 27.5. The first kappa shape index (κ1) is 61.3. The number of allylic oxidation sites excluding steroid dienone is 12. The van der Waals surface area contributed by atoms with E-state index < -0.39 is 6.10 Å². The zero-order valence-electron chi connectivity index (χ0n) is 42.5. The Hall–Kier alpha value is -2.66. The molecule has 64 heavy (non-hydrogen) atoms. The summed E-state index contributed by atoms with van der Waals surface area (Å²) in [5.41, 5.74) is 0. The van der Waals surface area contributed by atoms with Gasteiger partial charge in [0.2, 0.25) is 0 Å². The minimum atomic E-state index is -0.550. The molecule has 0 amide bonds. The van der Waals surface area contributed by atoms with Crippen molar-refractivity contribution in [2.45, 2.75) is 271 Å². The van der Waals surface area contributed by atoms with Crippen molar-refractivity contribution in [1.82, 2.24) is 0 Å². The van der Waals surface area contributed by atoms with Crippen LogP contribution in [0.4, 0.5) is 0 Å². The van der Waals surface area contributed by atoms with Gasteiger partial charge in [-0.05, 0) is 103 Å². The average molecular weight is 893 g/mol. The second kappa shape index (κ2) is 54.7. The maximum Gasteiger partial charge on any atom is 0.306 e. The zero-order chi connectivity index (χ0) is 46.3. The van der Waals surface area contributed by atoms with Gasteiger partial charge >= 0.3 is 11.9 Å². The molecule has 1 unspecified atom stereocenters. The number of hydrogen-bond acceptors (Lipinski definition) is 5.